The Hall–Kier alpha value is -3.24. The van der Waals surface area contributed by atoms with Crippen LogP contribution in [0.4, 0.5) is 10.1 Å². The second-order valence-corrected chi connectivity index (χ2v) is 9.88. The Kier molecular flexibility index (Phi) is 6.46. The fourth-order valence-electron chi connectivity index (χ4n) is 3.44. The Morgan fingerprint density at radius 2 is 1.82 bits per heavy atom. The van der Waals surface area contributed by atoms with Crippen molar-refractivity contribution in [3.05, 3.63) is 59.5 Å². The zero-order chi connectivity index (χ0) is 24.5. The molecule has 34 heavy (non-hydrogen) atoms. The van der Waals surface area contributed by atoms with Gasteiger partial charge in [0.15, 0.2) is 5.67 Å². The van der Waals surface area contributed by atoms with Crippen LogP contribution in [0.25, 0.3) is 11.1 Å². The molecule has 180 valence electrons. The van der Waals surface area contributed by atoms with Crippen molar-refractivity contribution in [2.24, 2.45) is 0 Å². The van der Waals surface area contributed by atoms with Gasteiger partial charge in [-0.25, -0.2) is 4.39 Å². The lowest BCUT2D eigenvalue weighted by molar-refractivity contribution is -0.122. The van der Waals surface area contributed by atoms with Crippen molar-refractivity contribution < 1.29 is 31.0 Å². The number of nitrogens with zero attached hydrogens (tertiary/aromatic N) is 1. The van der Waals surface area contributed by atoms with Crippen LogP contribution in [0.5, 0.6) is 5.75 Å². The van der Waals surface area contributed by atoms with Gasteiger partial charge in [-0.05, 0) is 63.9 Å². The number of nitrogens with one attached hydrogen (secondary N) is 1. The zero-order valence-corrected chi connectivity index (χ0v) is 19.9. The average Bonchev–Trinajstić information content (AvgIpc) is 3.47. The number of anilines is 1. The smallest absolute Gasteiger partial charge is 0.297 e. The van der Waals surface area contributed by atoms with Gasteiger partial charge in [-0.2, -0.15) is 8.42 Å². The summed E-state index contributed by atoms with van der Waals surface area (Å²) in [6.45, 7) is 5.10. The highest BCUT2D eigenvalue weighted by Crippen LogP contribution is 2.41. The highest BCUT2D eigenvalue weighted by molar-refractivity contribution is 7.86. The third-order valence-electron chi connectivity index (χ3n) is 5.53. The van der Waals surface area contributed by atoms with Crippen LogP contribution in [0.3, 0.4) is 0 Å². The van der Waals surface area contributed by atoms with Crippen LogP contribution in [0.2, 0.25) is 0 Å². The average molecular weight is 489 g/mol. The maximum atomic E-state index is 14.1. The number of hydrogen-bond acceptors (Lipinski definition) is 7. The minimum atomic E-state index is -3.91. The minimum absolute atomic E-state index is 0.0548. The summed E-state index contributed by atoms with van der Waals surface area (Å²) < 4.78 is 55.0. The van der Waals surface area contributed by atoms with E-state index in [0.29, 0.717) is 34.0 Å². The third kappa shape index (κ3) is 5.13. The molecule has 2 aromatic carbocycles. The lowest BCUT2D eigenvalue weighted by atomic mass is 10.0. The third-order valence-corrected chi connectivity index (χ3v) is 6.85. The standard InChI is InChI=1S/C24H25FN2O6S/c1-15-4-7-19(8-5-15)34(29,30)32-13-12-31-21-9-6-18(26-23(28)24(25)10-11-24)14-20(21)22-16(2)27-33-17(22)3/h4-9,14H,10-13H2,1-3H3,(H,26,28). The van der Waals surface area contributed by atoms with Crippen LogP contribution < -0.4 is 10.1 Å². The molecular weight excluding hydrogens is 463 g/mol. The van der Waals surface area contributed by atoms with Crippen LogP contribution in [-0.4, -0.2) is 38.4 Å². The molecule has 1 fully saturated rings. The van der Waals surface area contributed by atoms with E-state index in [1.807, 2.05) is 6.92 Å². The molecule has 0 radical (unpaired) electrons. The van der Waals surface area contributed by atoms with Gasteiger partial charge in [0, 0.05) is 11.3 Å². The molecule has 1 heterocycles. The summed E-state index contributed by atoms with van der Waals surface area (Å²) in [7, 11) is -3.91. The lowest BCUT2D eigenvalue weighted by Gasteiger charge is -2.15. The van der Waals surface area contributed by atoms with Crippen LogP contribution in [-0.2, 0) is 19.1 Å². The summed E-state index contributed by atoms with van der Waals surface area (Å²) in [5.74, 6) is 0.263. The summed E-state index contributed by atoms with van der Waals surface area (Å²) >= 11 is 0. The number of carbonyl (C=O) groups excluding carboxylic acids is 1. The number of hydrogen-bond donors (Lipinski definition) is 1. The zero-order valence-electron chi connectivity index (χ0n) is 19.1. The first kappa shape index (κ1) is 23.9. The van der Waals surface area contributed by atoms with E-state index in [2.05, 4.69) is 10.5 Å². The molecule has 10 heteroatoms. The first-order valence-corrected chi connectivity index (χ1v) is 12.2. The van der Waals surface area contributed by atoms with Crippen molar-refractivity contribution in [3.8, 4) is 16.9 Å². The van der Waals surface area contributed by atoms with E-state index in [1.54, 1.807) is 44.2 Å². The molecule has 1 saturated carbocycles. The molecule has 0 atom stereocenters. The van der Waals surface area contributed by atoms with E-state index in [0.717, 1.165) is 5.56 Å². The van der Waals surface area contributed by atoms with E-state index in [4.69, 9.17) is 13.4 Å². The molecular formula is C24H25FN2O6S. The van der Waals surface area contributed by atoms with Crippen molar-refractivity contribution in [2.45, 2.75) is 44.2 Å². The summed E-state index contributed by atoms with van der Waals surface area (Å²) in [6, 6.07) is 11.2. The van der Waals surface area contributed by atoms with Crippen molar-refractivity contribution in [1.82, 2.24) is 5.16 Å². The van der Waals surface area contributed by atoms with Gasteiger partial charge in [0.2, 0.25) is 0 Å². The Labute approximate surface area is 197 Å². The Balaban J connectivity index is 1.49. The molecule has 1 N–H and O–H groups in total. The van der Waals surface area contributed by atoms with E-state index in [1.165, 1.54) is 12.1 Å². The summed E-state index contributed by atoms with van der Waals surface area (Å²) in [6.07, 6.45) is 0.421. The molecule has 1 aliphatic rings. The molecule has 0 bridgehead atoms. The van der Waals surface area contributed by atoms with Crippen molar-refractivity contribution in [2.75, 3.05) is 18.5 Å². The Morgan fingerprint density at radius 1 is 1.12 bits per heavy atom. The maximum Gasteiger partial charge on any atom is 0.297 e. The highest BCUT2D eigenvalue weighted by Gasteiger charge is 2.50. The van der Waals surface area contributed by atoms with Gasteiger partial charge < -0.3 is 14.6 Å². The minimum Gasteiger partial charge on any atom is -0.490 e. The predicted octanol–water partition coefficient (Wildman–Crippen LogP) is 4.49. The first-order chi connectivity index (χ1) is 16.1. The van der Waals surface area contributed by atoms with E-state index >= 15 is 0 Å². The topological polar surface area (TPSA) is 108 Å². The van der Waals surface area contributed by atoms with Gasteiger partial charge in [-0.1, -0.05) is 22.9 Å². The number of halogens is 1. The van der Waals surface area contributed by atoms with Crippen LogP contribution in [0.15, 0.2) is 51.9 Å². The van der Waals surface area contributed by atoms with Gasteiger partial charge in [0.1, 0.15) is 24.7 Å². The molecule has 8 nitrogen and oxygen atoms in total. The Bertz CT molecular complexity index is 1290. The number of aromatic nitrogens is 1. The van der Waals surface area contributed by atoms with E-state index in [-0.39, 0.29) is 31.0 Å². The first-order valence-electron chi connectivity index (χ1n) is 10.8. The van der Waals surface area contributed by atoms with Crippen LogP contribution in [0.1, 0.15) is 29.9 Å². The van der Waals surface area contributed by atoms with E-state index in [9.17, 15) is 17.6 Å². The SMILES string of the molecule is Cc1ccc(S(=O)(=O)OCCOc2ccc(NC(=O)C3(F)CC3)cc2-c2c(C)noc2C)cc1. The van der Waals surface area contributed by atoms with Crippen molar-refractivity contribution in [3.63, 3.8) is 0 Å². The van der Waals surface area contributed by atoms with Crippen LogP contribution in [0, 0.1) is 20.8 Å². The van der Waals surface area contributed by atoms with Crippen molar-refractivity contribution in [1.29, 1.82) is 0 Å². The van der Waals surface area contributed by atoms with Gasteiger partial charge in [-0.3, -0.25) is 8.98 Å². The number of aryl methyl sites for hydroxylation is 3. The van der Waals surface area contributed by atoms with Gasteiger partial charge in [-0.15, -0.1) is 0 Å². The number of alkyl halides is 1. The van der Waals surface area contributed by atoms with Crippen LogP contribution >= 0.6 is 0 Å². The summed E-state index contributed by atoms with van der Waals surface area (Å²) in [5, 5.41) is 6.56. The number of amides is 1. The number of ether oxygens (including phenoxy) is 1. The maximum absolute atomic E-state index is 14.1. The fourth-order valence-corrected chi connectivity index (χ4v) is 4.34. The number of benzene rings is 2. The second kappa shape index (κ2) is 9.19. The predicted molar refractivity (Wildman–Crippen MR) is 123 cm³/mol. The molecule has 1 amide bonds. The summed E-state index contributed by atoms with van der Waals surface area (Å²) in [4.78, 5) is 12.2. The van der Waals surface area contributed by atoms with Gasteiger partial charge in [0.25, 0.3) is 16.0 Å². The molecule has 1 aliphatic carbocycles. The molecule has 1 aromatic heterocycles. The highest BCUT2D eigenvalue weighted by atomic mass is 32.2. The second-order valence-electron chi connectivity index (χ2n) is 8.27. The van der Waals surface area contributed by atoms with Gasteiger partial charge >= 0.3 is 0 Å². The summed E-state index contributed by atoms with van der Waals surface area (Å²) in [5.41, 5.74) is 1.37. The number of rotatable bonds is 9. The van der Waals surface area contributed by atoms with Gasteiger partial charge in [0.05, 0.1) is 16.2 Å². The Morgan fingerprint density at radius 3 is 2.44 bits per heavy atom. The molecule has 0 spiro atoms. The lowest BCUT2D eigenvalue weighted by Crippen LogP contribution is -2.25. The normalized spacial score (nSPS) is 14.6. The monoisotopic (exact) mass is 488 g/mol. The van der Waals surface area contributed by atoms with E-state index < -0.39 is 21.7 Å². The molecule has 0 unspecified atom stereocenters. The molecule has 4 rings (SSSR count). The molecule has 0 aliphatic heterocycles. The van der Waals surface area contributed by atoms with Crippen molar-refractivity contribution >= 4 is 21.7 Å². The molecule has 0 saturated heterocycles. The fraction of sp³-hybridized carbons (Fsp3) is 0.333. The number of carbonyl (C=O) groups is 1. The quantitative estimate of drug-likeness (QED) is 0.349. The largest absolute Gasteiger partial charge is 0.490 e. The molecule has 3 aromatic rings.